The Balaban J connectivity index is 1.76. The number of nitrogens with one attached hydrogen (secondary N) is 1. The molecule has 2 aromatic heterocycles. The van der Waals surface area contributed by atoms with Gasteiger partial charge in [-0.3, -0.25) is 0 Å². The molecule has 0 radical (unpaired) electrons. The molecule has 5 nitrogen and oxygen atoms in total. The number of nitrogen functional groups attached to an aromatic ring is 1. The summed E-state index contributed by atoms with van der Waals surface area (Å²) in [5.74, 6) is 0.760. The van der Waals surface area contributed by atoms with Gasteiger partial charge in [-0.15, -0.1) is 11.3 Å². The van der Waals surface area contributed by atoms with Crippen LogP contribution in [0.15, 0.2) is 35.7 Å². The molecule has 0 saturated heterocycles. The molecule has 0 bridgehead atoms. The predicted molar refractivity (Wildman–Crippen MR) is 95.8 cm³/mol. The molecule has 0 spiro atoms. The van der Waals surface area contributed by atoms with Gasteiger partial charge in [0.05, 0.1) is 10.7 Å². The van der Waals surface area contributed by atoms with Crippen molar-refractivity contribution in [3.8, 4) is 11.3 Å². The number of rotatable bonds is 4. The van der Waals surface area contributed by atoms with Crippen molar-refractivity contribution in [3.05, 3.63) is 51.4 Å². The van der Waals surface area contributed by atoms with Crippen LogP contribution in [-0.2, 0) is 0 Å². The first-order valence-electron chi connectivity index (χ1n) is 7.10. The van der Waals surface area contributed by atoms with E-state index in [4.69, 9.17) is 17.3 Å². The molecule has 1 aromatic carbocycles. The van der Waals surface area contributed by atoms with Gasteiger partial charge >= 0.3 is 0 Å². The second-order valence-corrected chi connectivity index (χ2v) is 6.62. The lowest BCUT2D eigenvalue weighted by Crippen LogP contribution is -2.09. The molecule has 3 rings (SSSR count). The molecule has 0 unspecified atom stereocenters. The minimum absolute atomic E-state index is 0.0617. The van der Waals surface area contributed by atoms with Crippen LogP contribution in [-0.4, -0.2) is 15.0 Å². The molecule has 0 saturated carbocycles. The van der Waals surface area contributed by atoms with E-state index in [1.165, 1.54) is 0 Å². The van der Waals surface area contributed by atoms with Gasteiger partial charge < -0.3 is 11.1 Å². The third-order valence-corrected chi connectivity index (χ3v) is 4.37. The van der Waals surface area contributed by atoms with E-state index in [0.717, 1.165) is 21.8 Å². The van der Waals surface area contributed by atoms with Crippen LogP contribution in [0.1, 0.15) is 23.5 Å². The van der Waals surface area contributed by atoms with Crippen LogP contribution in [0.2, 0.25) is 5.15 Å². The third kappa shape index (κ3) is 3.78. The first-order chi connectivity index (χ1) is 11.0. The van der Waals surface area contributed by atoms with Crippen LogP contribution >= 0.6 is 22.9 Å². The molecule has 0 aliphatic heterocycles. The predicted octanol–water partition coefficient (Wildman–Crippen LogP) is 4.32. The second kappa shape index (κ2) is 6.52. The Morgan fingerprint density at radius 3 is 2.52 bits per heavy atom. The van der Waals surface area contributed by atoms with Crippen molar-refractivity contribution >= 4 is 34.7 Å². The highest BCUT2D eigenvalue weighted by molar-refractivity contribution is 7.09. The Morgan fingerprint density at radius 1 is 1.17 bits per heavy atom. The van der Waals surface area contributed by atoms with Gasteiger partial charge in [-0.2, -0.15) is 4.98 Å². The van der Waals surface area contributed by atoms with Crippen molar-refractivity contribution in [2.45, 2.75) is 19.9 Å². The number of hydrogen-bond donors (Lipinski definition) is 2. The fourth-order valence-corrected chi connectivity index (χ4v) is 3.06. The van der Waals surface area contributed by atoms with E-state index in [1.54, 1.807) is 17.4 Å². The largest absolute Gasteiger partial charge is 0.368 e. The summed E-state index contributed by atoms with van der Waals surface area (Å²) < 4.78 is 0. The van der Waals surface area contributed by atoms with Crippen molar-refractivity contribution in [3.63, 3.8) is 0 Å². The fourth-order valence-electron chi connectivity index (χ4n) is 2.25. The Morgan fingerprint density at radius 2 is 1.91 bits per heavy atom. The number of aryl methyl sites for hydroxylation is 1. The molecular formula is C16H16ClN5S. The number of benzene rings is 1. The van der Waals surface area contributed by atoms with Crippen molar-refractivity contribution in [1.82, 2.24) is 15.0 Å². The molecule has 3 N–H and O–H groups in total. The maximum atomic E-state index is 5.89. The Bertz CT molecular complexity index is 795. The van der Waals surface area contributed by atoms with Crippen LogP contribution in [0.3, 0.4) is 0 Å². The molecular weight excluding hydrogens is 330 g/mol. The fraction of sp³-hybridized carbons (Fsp3) is 0.188. The monoisotopic (exact) mass is 345 g/mol. The van der Waals surface area contributed by atoms with Gasteiger partial charge in [0, 0.05) is 23.1 Å². The molecule has 0 fully saturated rings. The van der Waals surface area contributed by atoms with Crippen molar-refractivity contribution in [2.24, 2.45) is 0 Å². The van der Waals surface area contributed by atoms with Crippen molar-refractivity contribution in [2.75, 3.05) is 11.1 Å². The summed E-state index contributed by atoms with van der Waals surface area (Å²) in [7, 11) is 0. The summed E-state index contributed by atoms with van der Waals surface area (Å²) in [6, 6.07) is 10.0. The highest BCUT2D eigenvalue weighted by atomic mass is 35.5. The molecule has 3 aromatic rings. The number of halogens is 1. The first kappa shape index (κ1) is 15.7. The Kier molecular flexibility index (Phi) is 4.45. The molecule has 0 amide bonds. The zero-order chi connectivity index (χ0) is 16.4. The summed E-state index contributed by atoms with van der Waals surface area (Å²) in [5, 5.41) is 6.73. The van der Waals surface area contributed by atoms with Gasteiger partial charge in [-0.05, 0) is 19.4 Å². The quantitative estimate of drug-likeness (QED) is 0.689. The van der Waals surface area contributed by atoms with E-state index in [2.05, 4.69) is 49.9 Å². The molecule has 23 heavy (non-hydrogen) atoms. The van der Waals surface area contributed by atoms with Crippen LogP contribution in [0.25, 0.3) is 11.3 Å². The Labute approximate surface area is 143 Å². The smallest absolute Gasteiger partial charge is 0.223 e. The van der Waals surface area contributed by atoms with E-state index in [-0.39, 0.29) is 12.0 Å². The summed E-state index contributed by atoms with van der Waals surface area (Å²) in [5.41, 5.74) is 8.86. The van der Waals surface area contributed by atoms with Crippen molar-refractivity contribution in [1.29, 1.82) is 0 Å². The number of anilines is 2. The standard InChI is InChI=1S/C16H16ClN5S/c1-9(19-15-7-14(17)21-16(18)22-15)11-3-5-12(6-4-11)13-8-23-10(2)20-13/h3-9H,1-2H3,(H3,18,19,21,22)/t9-/m0/s1. The first-order valence-corrected chi connectivity index (χ1v) is 8.36. The van der Waals surface area contributed by atoms with Gasteiger partial charge in [0.25, 0.3) is 0 Å². The maximum Gasteiger partial charge on any atom is 0.223 e. The molecule has 118 valence electrons. The SMILES string of the molecule is Cc1nc(-c2ccc([C@H](C)Nc3cc(Cl)nc(N)n3)cc2)cs1. The van der Waals surface area contributed by atoms with Gasteiger partial charge in [0.2, 0.25) is 5.95 Å². The number of aromatic nitrogens is 3. The molecule has 1 atom stereocenters. The normalized spacial score (nSPS) is 12.1. The lowest BCUT2D eigenvalue weighted by molar-refractivity contribution is 0.873. The zero-order valence-corrected chi connectivity index (χ0v) is 14.3. The summed E-state index contributed by atoms with van der Waals surface area (Å²) >= 11 is 7.55. The van der Waals surface area contributed by atoms with Gasteiger partial charge in [0.1, 0.15) is 11.0 Å². The molecule has 2 heterocycles. The van der Waals surface area contributed by atoms with Gasteiger partial charge in [0.15, 0.2) is 0 Å². The third-order valence-electron chi connectivity index (χ3n) is 3.40. The summed E-state index contributed by atoms with van der Waals surface area (Å²) in [6.07, 6.45) is 0. The number of nitrogens with zero attached hydrogens (tertiary/aromatic N) is 3. The van der Waals surface area contributed by atoms with Gasteiger partial charge in [-0.1, -0.05) is 35.9 Å². The van der Waals surface area contributed by atoms with Crippen LogP contribution in [0.5, 0.6) is 0 Å². The number of thiazole rings is 1. The van der Waals surface area contributed by atoms with E-state index < -0.39 is 0 Å². The number of hydrogen-bond acceptors (Lipinski definition) is 6. The van der Waals surface area contributed by atoms with E-state index >= 15 is 0 Å². The summed E-state index contributed by atoms with van der Waals surface area (Å²) in [6.45, 7) is 4.06. The zero-order valence-electron chi connectivity index (χ0n) is 12.7. The second-order valence-electron chi connectivity index (χ2n) is 5.17. The maximum absolute atomic E-state index is 5.89. The van der Waals surface area contributed by atoms with E-state index in [0.29, 0.717) is 11.0 Å². The summed E-state index contributed by atoms with van der Waals surface area (Å²) in [4.78, 5) is 12.5. The minimum Gasteiger partial charge on any atom is -0.368 e. The average molecular weight is 346 g/mol. The van der Waals surface area contributed by atoms with E-state index in [1.807, 2.05) is 13.8 Å². The molecule has 0 aliphatic carbocycles. The lowest BCUT2D eigenvalue weighted by Gasteiger charge is -2.15. The topological polar surface area (TPSA) is 76.7 Å². The molecule has 7 heteroatoms. The van der Waals surface area contributed by atoms with Crippen LogP contribution < -0.4 is 11.1 Å². The van der Waals surface area contributed by atoms with Crippen molar-refractivity contribution < 1.29 is 0 Å². The van der Waals surface area contributed by atoms with Crippen LogP contribution in [0, 0.1) is 6.92 Å². The van der Waals surface area contributed by atoms with Crippen LogP contribution in [0.4, 0.5) is 11.8 Å². The van der Waals surface area contributed by atoms with Gasteiger partial charge in [-0.25, -0.2) is 9.97 Å². The molecule has 0 aliphatic rings. The minimum atomic E-state index is 0.0617. The average Bonchev–Trinajstić information content (AvgIpc) is 2.93. The van der Waals surface area contributed by atoms with E-state index in [9.17, 15) is 0 Å². The Hall–Kier alpha value is -2.18. The lowest BCUT2D eigenvalue weighted by atomic mass is 10.0. The number of nitrogens with two attached hydrogens (primary N) is 1. The highest BCUT2D eigenvalue weighted by Crippen LogP contribution is 2.25. The highest BCUT2D eigenvalue weighted by Gasteiger charge is 2.09.